The molecule has 1 aromatic carbocycles. The van der Waals surface area contributed by atoms with Crippen molar-refractivity contribution < 1.29 is 13.6 Å². The van der Waals surface area contributed by atoms with Crippen LogP contribution >= 0.6 is 15.9 Å². The van der Waals surface area contributed by atoms with Crippen LogP contribution in [0.25, 0.3) is 6.08 Å². The highest BCUT2D eigenvalue weighted by molar-refractivity contribution is 9.10. The average molecular weight is 276 g/mol. The number of benzene rings is 1. The fraction of sp³-hybridized carbons (Fsp3) is 0.100. The summed E-state index contributed by atoms with van der Waals surface area (Å²) in [5.74, 6) is -1.65. The van der Waals surface area contributed by atoms with Crippen molar-refractivity contribution in [2.45, 2.75) is 6.42 Å². The molecule has 0 heterocycles. The smallest absolute Gasteiger partial charge is 0.221 e. The van der Waals surface area contributed by atoms with Gasteiger partial charge in [0.05, 0.1) is 4.47 Å². The maximum atomic E-state index is 13.2. The zero-order chi connectivity index (χ0) is 11.4. The Kier molecular flexibility index (Phi) is 3.96. The molecule has 0 bridgehead atoms. The molecule has 2 nitrogen and oxygen atoms in total. The Labute approximate surface area is 93.9 Å². The number of carbonyl (C=O) groups excluding carboxylic acids is 1. The number of primary amides is 1. The summed E-state index contributed by atoms with van der Waals surface area (Å²) in [6.07, 6.45) is 2.70. The maximum Gasteiger partial charge on any atom is 0.221 e. The van der Waals surface area contributed by atoms with Crippen LogP contribution in [0, 0.1) is 11.6 Å². The van der Waals surface area contributed by atoms with Gasteiger partial charge < -0.3 is 5.73 Å². The number of hydrogen-bond donors (Lipinski definition) is 1. The fourth-order valence-corrected chi connectivity index (χ4v) is 1.28. The standard InChI is InChI=1S/C10H8BrF2NO/c11-7-5-8(12)6(4-9(7)13)2-1-3-10(14)15/h1-2,4-5H,3H2,(H2,14,15). The zero-order valence-electron chi connectivity index (χ0n) is 7.64. The highest BCUT2D eigenvalue weighted by Gasteiger charge is 2.05. The topological polar surface area (TPSA) is 43.1 Å². The molecule has 2 N–H and O–H groups in total. The van der Waals surface area contributed by atoms with Gasteiger partial charge in [0.15, 0.2) is 0 Å². The summed E-state index contributed by atoms with van der Waals surface area (Å²) in [6, 6.07) is 2.07. The Balaban J connectivity index is 2.90. The van der Waals surface area contributed by atoms with E-state index < -0.39 is 17.5 Å². The first kappa shape index (κ1) is 11.8. The average Bonchev–Trinajstić information content (AvgIpc) is 2.13. The van der Waals surface area contributed by atoms with E-state index in [0.717, 1.165) is 12.1 Å². The SMILES string of the molecule is NC(=O)CC=Cc1cc(F)c(Br)cc1F. The van der Waals surface area contributed by atoms with Gasteiger partial charge in [-0.3, -0.25) is 4.79 Å². The predicted octanol–water partition coefficient (Wildman–Crippen LogP) is 2.62. The molecular weight excluding hydrogens is 268 g/mol. The normalized spacial score (nSPS) is 10.9. The molecule has 1 aromatic rings. The van der Waals surface area contributed by atoms with Gasteiger partial charge in [-0.15, -0.1) is 0 Å². The van der Waals surface area contributed by atoms with Gasteiger partial charge in [-0.2, -0.15) is 0 Å². The second-order valence-corrected chi connectivity index (χ2v) is 3.71. The molecule has 1 amide bonds. The Morgan fingerprint density at radius 2 is 2.07 bits per heavy atom. The first-order chi connectivity index (χ1) is 7.00. The molecule has 0 aromatic heterocycles. The molecule has 0 spiro atoms. The van der Waals surface area contributed by atoms with E-state index in [-0.39, 0.29) is 16.5 Å². The van der Waals surface area contributed by atoms with E-state index >= 15 is 0 Å². The monoisotopic (exact) mass is 275 g/mol. The third-order valence-corrected chi connectivity index (χ3v) is 2.26. The molecule has 80 valence electrons. The number of amides is 1. The lowest BCUT2D eigenvalue weighted by atomic mass is 10.2. The Morgan fingerprint density at radius 3 is 2.67 bits per heavy atom. The molecule has 0 radical (unpaired) electrons. The van der Waals surface area contributed by atoms with Crippen LogP contribution in [0.15, 0.2) is 22.7 Å². The van der Waals surface area contributed by atoms with Crippen LogP contribution < -0.4 is 5.73 Å². The van der Waals surface area contributed by atoms with Crippen LogP contribution in [0.3, 0.4) is 0 Å². The lowest BCUT2D eigenvalue weighted by Crippen LogP contribution is -2.07. The third-order valence-electron chi connectivity index (χ3n) is 1.66. The number of nitrogens with two attached hydrogens (primary N) is 1. The van der Waals surface area contributed by atoms with Crippen LogP contribution in [-0.2, 0) is 4.79 Å². The molecule has 0 unspecified atom stereocenters. The van der Waals surface area contributed by atoms with Crippen molar-refractivity contribution in [3.05, 3.63) is 39.9 Å². The number of halogens is 3. The summed E-state index contributed by atoms with van der Waals surface area (Å²) in [6.45, 7) is 0. The summed E-state index contributed by atoms with van der Waals surface area (Å²) in [5, 5.41) is 0. The van der Waals surface area contributed by atoms with E-state index in [2.05, 4.69) is 15.9 Å². The summed E-state index contributed by atoms with van der Waals surface area (Å²) < 4.78 is 26.3. The number of hydrogen-bond acceptors (Lipinski definition) is 1. The van der Waals surface area contributed by atoms with Gasteiger partial charge in [-0.1, -0.05) is 12.2 Å². The molecule has 15 heavy (non-hydrogen) atoms. The van der Waals surface area contributed by atoms with Gasteiger partial charge in [0, 0.05) is 12.0 Å². The van der Waals surface area contributed by atoms with Gasteiger partial charge in [0.1, 0.15) is 11.6 Å². The van der Waals surface area contributed by atoms with Crippen molar-refractivity contribution in [1.29, 1.82) is 0 Å². The van der Waals surface area contributed by atoms with Gasteiger partial charge in [-0.05, 0) is 28.1 Å². The molecule has 5 heteroatoms. The Bertz CT molecular complexity index is 418. The van der Waals surface area contributed by atoms with Gasteiger partial charge >= 0.3 is 0 Å². The summed E-state index contributed by atoms with van der Waals surface area (Å²) in [7, 11) is 0. The minimum atomic E-state index is -0.566. The molecule has 0 aliphatic heterocycles. The van der Waals surface area contributed by atoms with E-state index in [1.165, 1.54) is 12.2 Å². The van der Waals surface area contributed by atoms with Crippen LogP contribution in [0.4, 0.5) is 8.78 Å². The Hall–Kier alpha value is -1.23. The lowest BCUT2D eigenvalue weighted by Gasteiger charge is -1.99. The second-order valence-electron chi connectivity index (χ2n) is 2.86. The van der Waals surface area contributed by atoms with E-state index in [9.17, 15) is 13.6 Å². The van der Waals surface area contributed by atoms with Gasteiger partial charge in [-0.25, -0.2) is 8.78 Å². The van der Waals surface area contributed by atoms with Crippen molar-refractivity contribution in [3.8, 4) is 0 Å². The Morgan fingerprint density at radius 1 is 1.40 bits per heavy atom. The predicted molar refractivity (Wildman–Crippen MR) is 56.9 cm³/mol. The van der Waals surface area contributed by atoms with E-state index in [0.29, 0.717) is 0 Å². The van der Waals surface area contributed by atoms with Crippen LogP contribution in [0.2, 0.25) is 0 Å². The van der Waals surface area contributed by atoms with Crippen molar-refractivity contribution in [2.24, 2.45) is 5.73 Å². The molecular formula is C10H8BrF2NO. The van der Waals surface area contributed by atoms with Crippen molar-refractivity contribution in [3.63, 3.8) is 0 Å². The van der Waals surface area contributed by atoms with Crippen molar-refractivity contribution in [1.82, 2.24) is 0 Å². The van der Waals surface area contributed by atoms with Crippen LogP contribution in [0.5, 0.6) is 0 Å². The van der Waals surface area contributed by atoms with E-state index in [1.807, 2.05) is 0 Å². The second kappa shape index (κ2) is 5.02. The van der Waals surface area contributed by atoms with Crippen LogP contribution in [0.1, 0.15) is 12.0 Å². The fourth-order valence-electron chi connectivity index (χ4n) is 0.968. The number of carbonyl (C=O) groups is 1. The van der Waals surface area contributed by atoms with Crippen molar-refractivity contribution >= 4 is 27.9 Å². The number of rotatable bonds is 3. The lowest BCUT2D eigenvalue weighted by molar-refractivity contribution is -0.117. The van der Waals surface area contributed by atoms with Crippen molar-refractivity contribution in [2.75, 3.05) is 0 Å². The molecule has 0 saturated heterocycles. The molecule has 0 aliphatic carbocycles. The first-order valence-electron chi connectivity index (χ1n) is 4.10. The summed E-state index contributed by atoms with van der Waals surface area (Å²) in [4.78, 5) is 10.4. The van der Waals surface area contributed by atoms with Gasteiger partial charge in [0.2, 0.25) is 5.91 Å². The third kappa shape index (κ3) is 3.43. The quantitative estimate of drug-likeness (QED) is 0.847. The minimum Gasteiger partial charge on any atom is -0.369 e. The first-order valence-corrected chi connectivity index (χ1v) is 4.89. The highest BCUT2D eigenvalue weighted by Crippen LogP contribution is 2.20. The highest BCUT2D eigenvalue weighted by atomic mass is 79.9. The maximum absolute atomic E-state index is 13.2. The molecule has 0 atom stereocenters. The van der Waals surface area contributed by atoms with Gasteiger partial charge in [0.25, 0.3) is 0 Å². The zero-order valence-corrected chi connectivity index (χ0v) is 9.22. The summed E-state index contributed by atoms with van der Waals surface area (Å²) in [5.41, 5.74) is 4.96. The van der Waals surface area contributed by atoms with E-state index in [4.69, 9.17) is 5.73 Å². The molecule has 0 aliphatic rings. The largest absolute Gasteiger partial charge is 0.369 e. The molecule has 0 fully saturated rings. The van der Waals surface area contributed by atoms with Crippen LogP contribution in [-0.4, -0.2) is 5.91 Å². The summed E-state index contributed by atoms with van der Waals surface area (Å²) >= 11 is 2.86. The minimum absolute atomic E-state index is 0.00285. The molecule has 0 saturated carbocycles. The van der Waals surface area contributed by atoms with E-state index in [1.54, 1.807) is 0 Å². The molecule has 1 rings (SSSR count).